The van der Waals surface area contributed by atoms with Gasteiger partial charge in [0.05, 0.1) is 0 Å². The Kier molecular flexibility index (Phi) is 12.1. The number of aryl methyl sites for hydroxylation is 1. The zero-order valence-electron chi connectivity index (χ0n) is 29.6. The molecule has 2 aromatic carbocycles. The maximum absolute atomic E-state index is 13.7. The van der Waals surface area contributed by atoms with Crippen LogP contribution in [-0.4, -0.2) is 68.2 Å². The molecule has 0 bridgehead atoms. The lowest BCUT2D eigenvalue weighted by Gasteiger charge is -2.28. The number of nitrogens with zero attached hydrogens (tertiary/aromatic N) is 4. The second kappa shape index (κ2) is 17.3. The summed E-state index contributed by atoms with van der Waals surface area (Å²) in [6, 6.07) is 17.8. The van der Waals surface area contributed by atoms with Crippen LogP contribution in [0.25, 0.3) is 22.5 Å². The van der Waals surface area contributed by atoms with Crippen LogP contribution in [0.2, 0.25) is 0 Å². The highest BCUT2D eigenvalue weighted by Gasteiger charge is 2.29. The fourth-order valence-corrected chi connectivity index (χ4v) is 7.20. The van der Waals surface area contributed by atoms with E-state index < -0.39 is 6.04 Å². The fourth-order valence-electron chi connectivity index (χ4n) is 7.20. The van der Waals surface area contributed by atoms with E-state index in [4.69, 9.17) is 5.73 Å². The first kappa shape index (κ1) is 36.5. The zero-order valence-corrected chi connectivity index (χ0v) is 29.6. The fraction of sp³-hybridized carbons (Fsp3) is 0.436. The predicted molar refractivity (Wildman–Crippen MR) is 197 cm³/mol. The molecule has 272 valence electrons. The molecule has 13 nitrogen and oxygen atoms in total. The minimum atomic E-state index is -0.802. The summed E-state index contributed by atoms with van der Waals surface area (Å²) in [5.74, 6) is 0.362. The first-order valence-corrected chi connectivity index (χ1v) is 18.3. The van der Waals surface area contributed by atoms with E-state index in [1.807, 2.05) is 37.3 Å². The van der Waals surface area contributed by atoms with Crippen LogP contribution >= 0.6 is 0 Å². The van der Waals surface area contributed by atoms with Gasteiger partial charge < -0.3 is 21.7 Å². The lowest BCUT2D eigenvalue weighted by atomic mass is 9.81. The molecule has 1 saturated heterocycles. The maximum atomic E-state index is 13.7. The third kappa shape index (κ3) is 9.32. The van der Waals surface area contributed by atoms with Gasteiger partial charge in [0.25, 0.3) is 0 Å². The van der Waals surface area contributed by atoms with E-state index in [2.05, 4.69) is 41.6 Å². The number of H-pyrrole nitrogens is 1. The number of nitrogens with two attached hydrogens (primary N) is 1. The molecule has 52 heavy (non-hydrogen) atoms. The number of hydrogen-bond donors (Lipinski definition) is 5. The van der Waals surface area contributed by atoms with Gasteiger partial charge in [0.15, 0.2) is 5.78 Å². The van der Waals surface area contributed by atoms with Gasteiger partial charge in [-0.2, -0.15) is 5.21 Å². The number of nitrogens with one attached hydrogen (secondary N) is 4. The Hall–Kier alpha value is -5.30. The van der Waals surface area contributed by atoms with Crippen molar-refractivity contribution in [3.8, 4) is 22.5 Å². The Morgan fingerprint density at radius 1 is 0.942 bits per heavy atom. The molecule has 0 radical (unpaired) electrons. The molecule has 6 N–H and O–H groups in total. The van der Waals surface area contributed by atoms with Crippen LogP contribution < -0.4 is 21.7 Å². The number of anilines is 1. The van der Waals surface area contributed by atoms with Gasteiger partial charge in [0.1, 0.15) is 11.7 Å². The number of ketones is 1. The molecule has 3 amide bonds. The van der Waals surface area contributed by atoms with Gasteiger partial charge in [-0.05, 0) is 117 Å². The van der Waals surface area contributed by atoms with Gasteiger partial charge in [-0.25, -0.2) is 4.98 Å². The second-order valence-corrected chi connectivity index (χ2v) is 14.0. The van der Waals surface area contributed by atoms with E-state index in [9.17, 15) is 19.2 Å². The van der Waals surface area contributed by atoms with E-state index >= 15 is 0 Å². The molecule has 1 aliphatic carbocycles. The number of aromatic amines is 1. The van der Waals surface area contributed by atoms with Crippen LogP contribution in [0.5, 0.6) is 0 Å². The maximum Gasteiger partial charge on any atom is 0.247 e. The Labute approximate surface area is 303 Å². The molecular formula is C39H47N9O4. The third-order valence-corrected chi connectivity index (χ3v) is 10.4. The molecule has 2 aromatic heterocycles. The van der Waals surface area contributed by atoms with Crippen molar-refractivity contribution in [2.45, 2.75) is 77.2 Å². The Balaban J connectivity index is 1.10. The minimum Gasteiger partial charge on any atom is -0.356 e. The second-order valence-electron chi connectivity index (χ2n) is 14.0. The molecule has 3 heterocycles. The molecule has 13 heteroatoms. The zero-order chi connectivity index (χ0) is 36.5. The van der Waals surface area contributed by atoms with Gasteiger partial charge in [0, 0.05) is 53.7 Å². The number of hydrogen-bond acceptors (Lipinski definition) is 9. The van der Waals surface area contributed by atoms with Crippen molar-refractivity contribution in [3.05, 3.63) is 77.6 Å². The summed E-state index contributed by atoms with van der Waals surface area (Å²) in [5, 5.41) is 22.9. The van der Waals surface area contributed by atoms with E-state index in [1.165, 1.54) is 0 Å². The molecular weight excluding hydrogens is 658 g/mol. The number of pyridine rings is 1. The first-order valence-electron chi connectivity index (χ1n) is 18.3. The molecule has 2 aliphatic rings. The van der Waals surface area contributed by atoms with E-state index in [0.29, 0.717) is 55.4 Å². The number of aromatic nitrogens is 5. The molecule has 1 saturated carbocycles. The molecule has 1 aliphatic heterocycles. The summed E-state index contributed by atoms with van der Waals surface area (Å²) in [6.07, 6.45) is 7.20. The quantitative estimate of drug-likeness (QED) is 0.117. The smallest absolute Gasteiger partial charge is 0.247 e. The topological polar surface area (TPSA) is 198 Å². The van der Waals surface area contributed by atoms with Crippen LogP contribution in [0.1, 0.15) is 79.5 Å². The molecule has 1 unspecified atom stereocenters. The van der Waals surface area contributed by atoms with Crippen molar-refractivity contribution in [3.63, 3.8) is 0 Å². The summed E-state index contributed by atoms with van der Waals surface area (Å²) in [5.41, 5.74) is 11.1. The summed E-state index contributed by atoms with van der Waals surface area (Å²) in [6.45, 7) is 3.25. The van der Waals surface area contributed by atoms with Gasteiger partial charge in [-0.3, -0.25) is 19.2 Å². The van der Waals surface area contributed by atoms with Crippen molar-refractivity contribution in [1.29, 1.82) is 0 Å². The van der Waals surface area contributed by atoms with E-state index in [1.54, 1.807) is 30.3 Å². The number of rotatable bonds is 14. The van der Waals surface area contributed by atoms with Crippen molar-refractivity contribution >= 4 is 29.2 Å². The summed E-state index contributed by atoms with van der Waals surface area (Å²) in [7, 11) is 0. The predicted octanol–water partition coefficient (Wildman–Crippen LogP) is 4.55. The Morgan fingerprint density at radius 3 is 2.37 bits per heavy atom. The number of benzene rings is 2. The lowest BCUT2D eigenvalue weighted by Crippen LogP contribution is -2.48. The van der Waals surface area contributed by atoms with Crippen molar-refractivity contribution in [1.82, 2.24) is 36.2 Å². The summed E-state index contributed by atoms with van der Waals surface area (Å²) < 4.78 is 0. The number of amides is 3. The average Bonchev–Trinajstić information content (AvgIpc) is 3.71. The van der Waals surface area contributed by atoms with Crippen molar-refractivity contribution in [2.75, 3.05) is 18.4 Å². The first-order chi connectivity index (χ1) is 25.3. The average molecular weight is 706 g/mol. The van der Waals surface area contributed by atoms with E-state index in [-0.39, 0.29) is 35.3 Å². The molecule has 4 aromatic rings. The standard InChI is InChI=1S/C39H47N9O4/c1-24-32(19-20-33(42-24)35(49)6-2-4-29-5-3-21-41-37(29)50)27-11-7-25(8-12-27)22-34(44-38(51)30-13-9-26(23-40)10-14-30)39(52)43-31-17-15-28(16-18-31)36-45-47-48-46-36/h7-8,11-12,15-20,26,29-30,34H,2-6,9-10,13-14,21-23,40H2,1H3,(H,41,50)(H,43,52)(H,44,51)(H,45,46,47,48)/t26?,29?,30?,34-/m0/s1. The van der Waals surface area contributed by atoms with E-state index in [0.717, 1.165) is 73.0 Å². The normalized spacial score (nSPS) is 19.3. The highest BCUT2D eigenvalue weighted by atomic mass is 16.2. The molecule has 0 spiro atoms. The Bertz CT molecular complexity index is 1840. The number of carbonyl (C=O) groups excluding carboxylic acids is 4. The van der Waals surface area contributed by atoms with Crippen LogP contribution in [0.3, 0.4) is 0 Å². The van der Waals surface area contributed by atoms with Crippen LogP contribution in [0.4, 0.5) is 5.69 Å². The highest BCUT2D eigenvalue weighted by Crippen LogP contribution is 2.29. The number of tetrazole rings is 1. The minimum absolute atomic E-state index is 0.00850. The van der Waals surface area contributed by atoms with Gasteiger partial charge in [-0.15, -0.1) is 10.2 Å². The lowest BCUT2D eigenvalue weighted by molar-refractivity contribution is -0.130. The summed E-state index contributed by atoms with van der Waals surface area (Å²) >= 11 is 0. The molecule has 6 rings (SSSR count). The van der Waals surface area contributed by atoms with Gasteiger partial charge in [0.2, 0.25) is 23.5 Å². The SMILES string of the molecule is Cc1nc(C(=O)CCCC2CCCNC2=O)ccc1-c1ccc(C[C@H](NC(=O)C2CCC(CN)CC2)C(=O)Nc2ccc(-c3nn[nH]n3)cc2)cc1. The number of carbonyl (C=O) groups is 4. The number of Topliss-reactive ketones (excluding diaryl/α,β-unsaturated/α-hetero) is 1. The van der Waals surface area contributed by atoms with Crippen LogP contribution in [0.15, 0.2) is 60.7 Å². The van der Waals surface area contributed by atoms with Crippen LogP contribution in [-0.2, 0) is 20.8 Å². The van der Waals surface area contributed by atoms with Gasteiger partial charge >= 0.3 is 0 Å². The van der Waals surface area contributed by atoms with Gasteiger partial charge in [-0.1, -0.05) is 30.3 Å². The van der Waals surface area contributed by atoms with Crippen LogP contribution in [0, 0.1) is 24.7 Å². The molecule has 2 atom stereocenters. The Morgan fingerprint density at radius 2 is 1.69 bits per heavy atom. The molecule has 2 fully saturated rings. The highest BCUT2D eigenvalue weighted by molar-refractivity contribution is 5.98. The largest absolute Gasteiger partial charge is 0.356 e. The number of piperidine rings is 1. The van der Waals surface area contributed by atoms with Crippen molar-refractivity contribution < 1.29 is 19.2 Å². The third-order valence-electron chi connectivity index (χ3n) is 10.4. The van der Waals surface area contributed by atoms with Crippen molar-refractivity contribution in [2.24, 2.45) is 23.5 Å². The monoisotopic (exact) mass is 705 g/mol. The summed E-state index contributed by atoms with van der Waals surface area (Å²) in [4.78, 5) is 56.7.